The molecule has 2 rings (SSSR count). The van der Waals surface area contributed by atoms with Crippen molar-refractivity contribution >= 4 is 46.1 Å². The Bertz CT molecular complexity index is 510. The Morgan fingerprint density at radius 3 is 2.47 bits per heavy atom. The van der Waals surface area contributed by atoms with Gasteiger partial charge < -0.3 is 0 Å². The molecule has 0 N–H and O–H groups in total. The molecule has 0 aliphatic heterocycles. The maximum atomic E-state index is 5.91. The number of rotatable bonds is 1. The normalized spacial score (nSPS) is 10.7. The molecule has 0 radical (unpaired) electrons. The zero-order valence-corrected chi connectivity index (χ0v) is 10.7. The molecule has 2 aromatic heterocycles. The fourth-order valence-corrected chi connectivity index (χ4v) is 2.62. The van der Waals surface area contributed by atoms with Crippen molar-refractivity contribution in [2.45, 2.75) is 6.92 Å². The smallest absolute Gasteiger partial charge is 0.217 e. The summed E-state index contributed by atoms with van der Waals surface area (Å²) >= 11 is 18.9. The predicted octanol–water partition coefficient (Wildman–Crippen LogP) is 4.47. The Hall–Kier alpha value is -0.350. The topological polar surface area (TPSA) is 25.8 Å². The lowest BCUT2D eigenvalue weighted by atomic mass is 10.2. The molecule has 6 heteroatoms. The van der Waals surface area contributed by atoms with E-state index in [4.69, 9.17) is 34.8 Å². The van der Waals surface area contributed by atoms with E-state index < -0.39 is 0 Å². The van der Waals surface area contributed by atoms with Crippen molar-refractivity contribution in [3.63, 3.8) is 0 Å². The van der Waals surface area contributed by atoms with Gasteiger partial charge in [0.15, 0.2) is 0 Å². The Balaban J connectivity index is 2.62. The van der Waals surface area contributed by atoms with Crippen LogP contribution in [0.3, 0.4) is 0 Å². The molecular weight excluding hydrogens is 275 g/mol. The van der Waals surface area contributed by atoms with Gasteiger partial charge in [-0.15, -0.1) is 11.3 Å². The van der Waals surface area contributed by atoms with Crippen LogP contribution in [0, 0.1) is 6.92 Å². The van der Waals surface area contributed by atoms with Crippen LogP contribution in [0.15, 0.2) is 12.1 Å². The number of thiophene rings is 1. The Morgan fingerprint density at radius 2 is 1.87 bits per heavy atom. The summed E-state index contributed by atoms with van der Waals surface area (Å²) in [4.78, 5) is 8.93. The van der Waals surface area contributed by atoms with Crippen LogP contribution in [0.1, 0.15) is 5.56 Å². The number of halogens is 3. The highest BCUT2D eigenvalue weighted by Gasteiger charge is 2.11. The van der Waals surface area contributed by atoms with Crippen LogP contribution in [-0.2, 0) is 0 Å². The first-order valence-electron chi connectivity index (χ1n) is 4.03. The summed E-state index contributed by atoms with van der Waals surface area (Å²) in [6.45, 7) is 1.85. The van der Waals surface area contributed by atoms with E-state index in [-0.39, 0.29) is 5.28 Å². The van der Waals surface area contributed by atoms with E-state index in [9.17, 15) is 0 Å². The van der Waals surface area contributed by atoms with Crippen LogP contribution in [0.2, 0.25) is 14.8 Å². The molecule has 0 spiro atoms. The van der Waals surface area contributed by atoms with Gasteiger partial charge in [0.05, 0.1) is 14.9 Å². The van der Waals surface area contributed by atoms with Crippen LogP contribution in [0.25, 0.3) is 10.6 Å². The van der Waals surface area contributed by atoms with Crippen molar-refractivity contribution in [1.29, 1.82) is 0 Å². The van der Waals surface area contributed by atoms with Gasteiger partial charge in [0.1, 0.15) is 5.15 Å². The molecule has 0 atom stereocenters. The van der Waals surface area contributed by atoms with Crippen molar-refractivity contribution in [1.82, 2.24) is 9.97 Å². The molecule has 0 fully saturated rings. The molecule has 15 heavy (non-hydrogen) atoms. The molecule has 2 heterocycles. The molecule has 2 nitrogen and oxygen atoms in total. The monoisotopic (exact) mass is 278 g/mol. The molecule has 0 unspecified atom stereocenters. The van der Waals surface area contributed by atoms with Gasteiger partial charge in [0.25, 0.3) is 0 Å². The summed E-state index contributed by atoms with van der Waals surface area (Å²) in [5.41, 5.74) is 1.54. The summed E-state index contributed by atoms with van der Waals surface area (Å²) in [5, 5.41) is 0.514. The van der Waals surface area contributed by atoms with E-state index >= 15 is 0 Å². The summed E-state index contributed by atoms with van der Waals surface area (Å²) in [6, 6.07) is 3.69. The van der Waals surface area contributed by atoms with Crippen molar-refractivity contribution in [2.24, 2.45) is 0 Å². The van der Waals surface area contributed by atoms with Crippen LogP contribution in [0.5, 0.6) is 0 Å². The van der Waals surface area contributed by atoms with Crippen molar-refractivity contribution in [2.75, 3.05) is 0 Å². The van der Waals surface area contributed by atoms with Crippen molar-refractivity contribution < 1.29 is 0 Å². The van der Waals surface area contributed by atoms with E-state index in [1.807, 2.05) is 19.1 Å². The van der Waals surface area contributed by atoms with Crippen LogP contribution < -0.4 is 0 Å². The summed E-state index contributed by atoms with van der Waals surface area (Å²) in [5.74, 6) is 0. The molecule has 0 amide bonds. The number of nitrogens with zero attached hydrogens (tertiary/aromatic N) is 2. The summed E-state index contributed by atoms with van der Waals surface area (Å²) < 4.78 is 0.704. The minimum atomic E-state index is 0.144. The van der Waals surface area contributed by atoms with E-state index in [1.54, 1.807) is 0 Å². The van der Waals surface area contributed by atoms with Crippen molar-refractivity contribution in [3.8, 4) is 10.6 Å². The molecule has 78 valence electrons. The average Bonchev–Trinajstić information content (AvgIpc) is 2.58. The molecule has 0 aromatic carbocycles. The maximum absolute atomic E-state index is 5.91. The fraction of sp³-hybridized carbons (Fsp3) is 0.111. The molecule has 0 aliphatic carbocycles. The predicted molar refractivity (Wildman–Crippen MR) is 65.1 cm³/mol. The zero-order valence-electron chi connectivity index (χ0n) is 7.59. The van der Waals surface area contributed by atoms with Gasteiger partial charge >= 0.3 is 0 Å². The second-order valence-corrected chi connectivity index (χ2v) is 5.27. The lowest BCUT2D eigenvalue weighted by Gasteiger charge is -2.03. The molecule has 0 saturated carbocycles. The first kappa shape index (κ1) is 11.1. The number of hydrogen-bond acceptors (Lipinski definition) is 3. The van der Waals surface area contributed by atoms with Gasteiger partial charge in [-0.1, -0.05) is 23.2 Å². The lowest BCUT2D eigenvalue weighted by Crippen LogP contribution is -1.92. The molecule has 0 saturated heterocycles. The standard InChI is InChI=1S/C9H5Cl3N2S/c1-4-7(5-2-3-6(10)15-5)13-9(12)14-8(4)11/h2-3H,1H3. The van der Waals surface area contributed by atoms with E-state index in [2.05, 4.69) is 9.97 Å². The SMILES string of the molecule is Cc1c(Cl)nc(Cl)nc1-c1ccc(Cl)s1. The second kappa shape index (κ2) is 4.26. The highest BCUT2D eigenvalue weighted by atomic mass is 35.5. The first-order valence-corrected chi connectivity index (χ1v) is 5.98. The minimum absolute atomic E-state index is 0.144. The quantitative estimate of drug-likeness (QED) is 0.568. The van der Waals surface area contributed by atoms with E-state index in [1.165, 1.54) is 11.3 Å². The van der Waals surface area contributed by atoms with Gasteiger partial charge in [-0.25, -0.2) is 9.97 Å². The molecule has 0 aliphatic rings. The van der Waals surface area contributed by atoms with Gasteiger partial charge in [0, 0.05) is 5.56 Å². The summed E-state index contributed by atoms with van der Waals surface area (Å²) in [6.07, 6.45) is 0. The van der Waals surface area contributed by atoms with E-state index in [0.717, 1.165) is 16.1 Å². The summed E-state index contributed by atoms with van der Waals surface area (Å²) in [7, 11) is 0. The Morgan fingerprint density at radius 1 is 1.13 bits per heavy atom. The molecule has 2 aromatic rings. The third kappa shape index (κ3) is 2.26. The van der Waals surface area contributed by atoms with Gasteiger partial charge in [0.2, 0.25) is 5.28 Å². The lowest BCUT2D eigenvalue weighted by molar-refractivity contribution is 1.14. The number of aromatic nitrogens is 2. The Labute approximate surface area is 106 Å². The highest BCUT2D eigenvalue weighted by molar-refractivity contribution is 7.19. The van der Waals surface area contributed by atoms with Gasteiger partial charge in [-0.2, -0.15) is 0 Å². The van der Waals surface area contributed by atoms with Crippen LogP contribution in [-0.4, -0.2) is 9.97 Å². The second-order valence-electron chi connectivity index (χ2n) is 2.86. The van der Waals surface area contributed by atoms with Crippen LogP contribution >= 0.6 is 46.1 Å². The van der Waals surface area contributed by atoms with Crippen LogP contribution in [0.4, 0.5) is 0 Å². The minimum Gasteiger partial charge on any atom is -0.217 e. The average molecular weight is 280 g/mol. The highest BCUT2D eigenvalue weighted by Crippen LogP contribution is 2.33. The third-order valence-electron chi connectivity index (χ3n) is 1.87. The molecular formula is C9H5Cl3N2S. The van der Waals surface area contributed by atoms with E-state index in [0.29, 0.717) is 9.49 Å². The largest absolute Gasteiger partial charge is 0.224 e. The first-order chi connectivity index (χ1) is 7.08. The zero-order chi connectivity index (χ0) is 11.0. The van der Waals surface area contributed by atoms with Crippen molar-refractivity contribution in [3.05, 3.63) is 32.5 Å². The number of hydrogen-bond donors (Lipinski definition) is 0. The third-order valence-corrected chi connectivity index (χ3v) is 3.64. The Kier molecular flexibility index (Phi) is 3.16. The van der Waals surface area contributed by atoms with Gasteiger partial charge in [-0.05, 0) is 30.7 Å². The molecule has 0 bridgehead atoms. The maximum Gasteiger partial charge on any atom is 0.224 e. The van der Waals surface area contributed by atoms with Gasteiger partial charge in [-0.3, -0.25) is 0 Å². The fourth-order valence-electron chi connectivity index (χ4n) is 1.15.